The molecular weight excluding hydrogens is 288 g/mol. The summed E-state index contributed by atoms with van der Waals surface area (Å²) in [5.74, 6) is -0.476. The van der Waals surface area contributed by atoms with E-state index in [0.29, 0.717) is 16.3 Å². The Morgan fingerprint density at radius 2 is 1.52 bits per heavy atom. The molecule has 4 nitrogen and oxygen atoms in total. The average Bonchev–Trinajstić information content (AvgIpc) is 2.43. The number of halogens is 1. The number of para-hydroxylation sites is 1. The number of imide groups is 1. The fourth-order valence-electron chi connectivity index (χ4n) is 1.93. The third kappa shape index (κ3) is 3.83. The first-order chi connectivity index (χ1) is 9.97. The zero-order chi connectivity index (χ0) is 15.4. The number of carbonyl (C=O) groups is 2. The molecule has 2 rings (SSSR count). The highest BCUT2D eigenvalue weighted by Gasteiger charge is 2.12. The van der Waals surface area contributed by atoms with Gasteiger partial charge in [0.2, 0.25) is 0 Å². The number of hydrogen-bond donors (Lipinski definition) is 2. The molecule has 0 fully saturated rings. The molecule has 0 bridgehead atoms. The van der Waals surface area contributed by atoms with E-state index < -0.39 is 11.9 Å². The molecule has 0 spiro atoms. The van der Waals surface area contributed by atoms with Gasteiger partial charge in [-0.2, -0.15) is 0 Å². The summed E-state index contributed by atoms with van der Waals surface area (Å²) in [6, 6.07) is 11.4. The van der Waals surface area contributed by atoms with Crippen molar-refractivity contribution in [3.63, 3.8) is 0 Å². The SMILES string of the molecule is Cc1cccc(C)c1NC(=O)NC(=O)c1ccc(Cl)cc1. The molecule has 0 radical (unpaired) electrons. The monoisotopic (exact) mass is 302 g/mol. The van der Waals surface area contributed by atoms with Gasteiger partial charge in [0.1, 0.15) is 0 Å². The Labute approximate surface area is 128 Å². The van der Waals surface area contributed by atoms with Gasteiger partial charge in [-0.3, -0.25) is 10.1 Å². The molecule has 2 aromatic carbocycles. The predicted octanol–water partition coefficient (Wildman–Crippen LogP) is 3.92. The van der Waals surface area contributed by atoms with Gasteiger partial charge in [0.25, 0.3) is 5.91 Å². The number of aryl methyl sites for hydroxylation is 2. The molecule has 0 aromatic heterocycles. The van der Waals surface area contributed by atoms with E-state index in [-0.39, 0.29) is 0 Å². The Morgan fingerprint density at radius 1 is 0.952 bits per heavy atom. The third-order valence-electron chi connectivity index (χ3n) is 3.05. The maximum Gasteiger partial charge on any atom is 0.326 e. The summed E-state index contributed by atoms with van der Waals surface area (Å²) in [6.45, 7) is 3.78. The fraction of sp³-hybridized carbons (Fsp3) is 0.125. The van der Waals surface area contributed by atoms with Crippen molar-refractivity contribution in [3.05, 3.63) is 64.2 Å². The molecule has 0 heterocycles. The minimum absolute atomic E-state index is 0.371. The Balaban J connectivity index is 2.05. The molecule has 21 heavy (non-hydrogen) atoms. The molecule has 0 unspecified atom stereocenters. The molecule has 5 heteroatoms. The van der Waals surface area contributed by atoms with Crippen LogP contribution >= 0.6 is 11.6 Å². The van der Waals surface area contributed by atoms with Crippen molar-refractivity contribution in [2.24, 2.45) is 0 Å². The highest BCUT2D eigenvalue weighted by molar-refractivity contribution is 6.30. The minimum atomic E-state index is -0.563. The van der Waals surface area contributed by atoms with Gasteiger partial charge in [-0.15, -0.1) is 0 Å². The van der Waals surface area contributed by atoms with Crippen LogP contribution < -0.4 is 10.6 Å². The second-order valence-electron chi connectivity index (χ2n) is 4.68. The van der Waals surface area contributed by atoms with Crippen LogP contribution in [-0.4, -0.2) is 11.9 Å². The number of anilines is 1. The zero-order valence-corrected chi connectivity index (χ0v) is 12.5. The summed E-state index contributed by atoms with van der Waals surface area (Å²) in [4.78, 5) is 23.8. The molecule has 0 aliphatic rings. The number of hydrogen-bond acceptors (Lipinski definition) is 2. The molecule has 0 aliphatic heterocycles. The van der Waals surface area contributed by atoms with Gasteiger partial charge in [0.05, 0.1) is 0 Å². The standard InChI is InChI=1S/C16H15ClN2O2/c1-10-4-3-5-11(2)14(10)18-16(21)19-15(20)12-6-8-13(17)9-7-12/h3-9H,1-2H3,(H2,18,19,20,21). The summed E-state index contributed by atoms with van der Waals surface area (Å²) in [5, 5.41) is 5.51. The number of urea groups is 1. The Hall–Kier alpha value is -2.33. The lowest BCUT2D eigenvalue weighted by Crippen LogP contribution is -2.34. The summed E-state index contributed by atoms with van der Waals surface area (Å²) in [6.07, 6.45) is 0. The lowest BCUT2D eigenvalue weighted by molar-refractivity contribution is 0.0967. The van der Waals surface area contributed by atoms with Gasteiger partial charge in [0, 0.05) is 16.3 Å². The maximum absolute atomic E-state index is 11.9. The Morgan fingerprint density at radius 3 is 2.10 bits per heavy atom. The second-order valence-corrected chi connectivity index (χ2v) is 5.12. The van der Waals surface area contributed by atoms with Crippen molar-refractivity contribution in [2.75, 3.05) is 5.32 Å². The first-order valence-electron chi connectivity index (χ1n) is 6.41. The highest BCUT2D eigenvalue weighted by Crippen LogP contribution is 2.19. The molecule has 2 N–H and O–H groups in total. The first kappa shape index (κ1) is 15.1. The van der Waals surface area contributed by atoms with E-state index in [1.165, 1.54) is 0 Å². The van der Waals surface area contributed by atoms with Crippen LogP contribution in [0.1, 0.15) is 21.5 Å². The molecule has 0 aliphatic carbocycles. The van der Waals surface area contributed by atoms with Gasteiger partial charge in [0.15, 0.2) is 0 Å². The highest BCUT2D eigenvalue weighted by atomic mass is 35.5. The van der Waals surface area contributed by atoms with E-state index >= 15 is 0 Å². The smallest absolute Gasteiger partial charge is 0.307 e. The van der Waals surface area contributed by atoms with Crippen LogP contribution in [0.4, 0.5) is 10.5 Å². The van der Waals surface area contributed by atoms with E-state index in [2.05, 4.69) is 10.6 Å². The van der Waals surface area contributed by atoms with E-state index in [1.54, 1.807) is 24.3 Å². The lowest BCUT2D eigenvalue weighted by atomic mass is 10.1. The molecular formula is C16H15ClN2O2. The summed E-state index contributed by atoms with van der Waals surface area (Å²) in [5.41, 5.74) is 2.95. The number of benzene rings is 2. The number of nitrogens with one attached hydrogen (secondary N) is 2. The van der Waals surface area contributed by atoms with E-state index in [9.17, 15) is 9.59 Å². The number of carbonyl (C=O) groups excluding carboxylic acids is 2. The first-order valence-corrected chi connectivity index (χ1v) is 6.79. The molecule has 0 saturated heterocycles. The van der Waals surface area contributed by atoms with Crippen LogP contribution in [0.25, 0.3) is 0 Å². The van der Waals surface area contributed by atoms with Crippen LogP contribution in [-0.2, 0) is 0 Å². The summed E-state index contributed by atoms with van der Waals surface area (Å²) >= 11 is 5.75. The Bertz CT molecular complexity index is 661. The van der Waals surface area contributed by atoms with Gasteiger partial charge < -0.3 is 5.32 Å². The van der Waals surface area contributed by atoms with Crippen molar-refractivity contribution in [1.82, 2.24) is 5.32 Å². The van der Waals surface area contributed by atoms with Crippen molar-refractivity contribution < 1.29 is 9.59 Å². The number of rotatable bonds is 2. The van der Waals surface area contributed by atoms with E-state index in [1.807, 2.05) is 32.0 Å². The second kappa shape index (κ2) is 6.41. The molecule has 0 saturated carbocycles. The minimum Gasteiger partial charge on any atom is -0.307 e. The Kier molecular flexibility index (Phi) is 4.60. The molecule has 108 valence electrons. The van der Waals surface area contributed by atoms with Crippen LogP contribution in [0.5, 0.6) is 0 Å². The zero-order valence-electron chi connectivity index (χ0n) is 11.7. The third-order valence-corrected chi connectivity index (χ3v) is 3.31. The summed E-state index contributed by atoms with van der Waals surface area (Å²) in [7, 11) is 0. The summed E-state index contributed by atoms with van der Waals surface area (Å²) < 4.78 is 0. The van der Waals surface area contributed by atoms with Gasteiger partial charge in [-0.25, -0.2) is 4.79 Å². The van der Waals surface area contributed by atoms with Crippen molar-refractivity contribution in [3.8, 4) is 0 Å². The van der Waals surface area contributed by atoms with E-state index in [0.717, 1.165) is 11.1 Å². The van der Waals surface area contributed by atoms with Crippen molar-refractivity contribution in [1.29, 1.82) is 0 Å². The number of amides is 3. The van der Waals surface area contributed by atoms with Crippen molar-refractivity contribution >= 4 is 29.2 Å². The molecule has 2 aromatic rings. The van der Waals surface area contributed by atoms with Crippen LogP contribution in [0.3, 0.4) is 0 Å². The predicted molar refractivity (Wildman–Crippen MR) is 83.9 cm³/mol. The quantitative estimate of drug-likeness (QED) is 0.883. The topological polar surface area (TPSA) is 58.2 Å². The largest absolute Gasteiger partial charge is 0.326 e. The molecule has 3 amide bonds. The average molecular weight is 303 g/mol. The molecule has 0 atom stereocenters. The van der Waals surface area contributed by atoms with Crippen LogP contribution in [0, 0.1) is 13.8 Å². The normalized spacial score (nSPS) is 10.0. The maximum atomic E-state index is 11.9. The van der Waals surface area contributed by atoms with Gasteiger partial charge in [-0.1, -0.05) is 29.8 Å². The lowest BCUT2D eigenvalue weighted by Gasteiger charge is -2.11. The fourth-order valence-corrected chi connectivity index (χ4v) is 2.06. The van der Waals surface area contributed by atoms with Crippen LogP contribution in [0.15, 0.2) is 42.5 Å². The van der Waals surface area contributed by atoms with Gasteiger partial charge in [-0.05, 0) is 49.2 Å². The van der Waals surface area contributed by atoms with Gasteiger partial charge >= 0.3 is 6.03 Å². The van der Waals surface area contributed by atoms with Crippen LogP contribution in [0.2, 0.25) is 5.02 Å². The van der Waals surface area contributed by atoms with E-state index in [4.69, 9.17) is 11.6 Å². The van der Waals surface area contributed by atoms with Crippen molar-refractivity contribution in [2.45, 2.75) is 13.8 Å².